The highest BCUT2D eigenvalue weighted by atomic mass is 16.4. The summed E-state index contributed by atoms with van der Waals surface area (Å²) in [5.74, 6) is -1.50. The van der Waals surface area contributed by atoms with E-state index in [1.807, 2.05) is 66.7 Å². The van der Waals surface area contributed by atoms with Gasteiger partial charge in [0.2, 0.25) is 5.91 Å². The van der Waals surface area contributed by atoms with Gasteiger partial charge in [-0.05, 0) is 35.7 Å². The Labute approximate surface area is 175 Å². The second-order valence-electron chi connectivity index (χ2n) is 7.23. The molecule has 150 valence electrons. The molecule has 0 unspecified atom stereocenters. The van der Waals surface area contributed by atoms with Crippen molar-refractivity contribution >= 4 is 11.9 Å². The van der Waals surface area contributed by atoms with Gasteiger partial charge in [0, 0.05) is 6.42 Å². The van der Waals surface area contributed by atoms with Crippen molar-refractivity contribution in [2.45, 2.75) is 24.8 Å². The topological polar surface area (TPSA) is 90.2 Å². The van der Waals surface area contributed by atoms with E-state index in [1.165, 1.54) is 0 Å². The third-order valence-corrected chi connectivity index (χ3v) is 5.28. The Morgan fingerprint density at radius 2 is 1.43 bits per heavy atom. The van der Waals surface area contributed by atoms with E-state index in [9.17, 15) is 14.7 Å². The molecule has 2 N–H and O–H groups in total. The van der Waals surface area contributed by atoms with E-state index in [4.69, 9.17) is 5.26 Å². The monoisotopic (exact) mass is 398 g/mol. The fourth-order valence-electron chi connectivity index (χ4n) is 3.43. The van der Waals surface area contributed by atoms with Crippen LogP contribution in [0.1, 0.15) is 29.2 Å². The number of rotatable bonds is 7. The Bertz CT molecular complexity index is 1020. The van der Waals surface area contributed by atoms with Gasteiger partial charge in [-0.2, -0.15) is 5.26 Å². The summed E-state index contributed by atoms with van der Waals surface area (Å²) in [6.07, 6.45) is 0.118. The molecule has 1 atom stereocenters. The summed E-state index contributed by atoms with van der Waals surface area (Å²) in [4.78, 5) is 25.3. The van der Waals surface area contributed by atoms with Crippen molar-refractivity contribution in [1.29, 1.82) is 5.26 Å². The molecule has 0 aliphatic heterocycles. The predicted molar refractivity (Wildman–Crippen MR) is 114 cm³/mol. The number of hydrogen-bond acceptors (Lipinski definition) is 3. The molecule has 3 rings (SSSR count). The molecule has 0 aromatic heterocycles. The number of hydrogen-bond donors (Lipinski definition) is 2. The van der Waals surface area contributed by atoms with E-state index in [1.54, 1.807) is 31.2 Å². The summed E-state index contributed by atoms with van der Waals surface area (Å²) in [5, 5.41) is 21.4. The van der Waals surface area contributed by atoms with Crippen molar-refractivity contribution in [2.24, 2.45) is 0 Å². The van der Waals surface area contributed by atoms with Gasteiger partial charge in [0.05, 0.1) is 17.0 Å². The van der Waals surface area contributed by atoms with Gasteiger partial charge in [-0.25, -0.2) is 4.79 Å². The van der Waals surface area contributed by atoms with Gasteiger partial charge in [0.15, 0.2) is 0 Å². The van der Waals surface area contributed by atoms with Crippen LogP contribution < -0.4 is 5.32 Å². The lowest BCUT2D eigenvalue weighted by atomic mass is 9.75. The zero-order valence-electron chi connectivity index (χ0n) is 16.6. The molecular formula is C25H22N2O3. The van der Waals surface area contributed by atoms with Gasteiger partial charge in [0.25, 0.3) is 0 Å². The summed E-state index contributed by atoms with van der Waals surface area (Å²) < 4.78 is 0. The third-order valence-electron chi connectivity index (χ3n) is 5.28. The van der Waals surface area contributed by atoms with Gasteiger partial charge in [-0.1, -0.05) is 72.8 Å². The Hall–Kier alpha value is -3.91. The minimum absolute atomic E-state index is 0.118. The number of carboxylic acid groups (broad SMARTS) is 1. The van der Waals surface area contributed by atoms with Crippen LogP contribution in [0, 0.1) is 11.3 Å². The quantitative estimate of drug-likeness (QED) is 0.635. The molecule has 0 spiro atoms. The molecule has 0 radical (unpaired) electrons. The average Bonchev–Trinajstić information content (AvgIpc) is 2.79. The first kappa shape index (κ1) is 20.8. The minimum Gasteiger partial charge on any atom is -0.480 e. The van der Waals surface area contributed by atoms with Crippen LogP contribution in [0.25, 0.3) is 0 Å². The standard InChI is InChI=1S/C25H22N2O3/c1-25(20-8-4-2-5-9-20,21-10-6-3-7-11-21)24(30)27-22(23(28)29)16-18-12-14-19(17-26)15-13-18/h2-15,22H,16H2,1H3,(H,27,30)(H,28,29)/t22-/m0/s1. The van der Waals surface area contributed by atoms with E-state index in [0.717, 1.165) is 16.7 Å². The Morgan fingerprint density at radius 3 is 1.87 bits per heavy atom. The molecule has 3 aromatic carbocycles. The van der Waals surface area contributed by atoms with E-state index in [0.29, 0.717) is 5.56 Å². The Kier molecular flexibility index (Phi) is 6.29. The first-order valence-electron chi connectivity index (χ1n) is 9.59. The number of benzene rings is 3. The molecule has 0 saturated carbocycles. The molecule has 0 bridgehead atoms. The number of carbonyl (C=O) groups is 2. The molecule has 30 heavy (non-hydrogen) atoms. The summed E-state index contributed by atoms with van der Waals surface area (Å²) in [6, 6.07) is 26.2. The number of nitrogens with one attached hydrogen (secondary N) is 1. The van der Waals surface area contributed by atoms with E-state index in [-0.39, 0.29) is 12.3 Å². The normalized spacial score (nSPS) is 11.9. The van der Waals surface area contributed by atoms with Crippen LogP contribution in [-0.2, 0) is 21.4 Å². The SMILES string of the molecule is CC(C(=O)N[C@@H](Cc1ccc(C#N)cc1)C(=O)O)(c1ccccc1)c1ccccc1. The minimum atomic E-state index is -1.11. The van der Waals surface area contributed by atoms with Crippen molar-refractivity contribution in [3.05, 3.63) is 107 Å². The van der Waals surface area contributed by atoms with Gasteiger partial charge >= 0.3 is 5.97 Å². The molecule has 0 saturated heterocycles. The highest BCUT2D eigenvalue weighted by molar-refractivity contribution is 5.94. The lowest BCUT2D eigenvalue weighted by Gasteiger charge is -2.31. The number of amides is 1. The smallest absolute Gasteiger partial charge is 0.326 e. The van der Waals surface area contributed by atoms with Crippen molar-refractivity contribution in [3.8, 4) is 6.07 Å². The third kappa shape index (κ3) is 4.39. The van der Waals surface area contributed by atoms with Gasteiger partial charge < -0.3 is 10.4 Å². The molecule has 1 amide bonds. The van der Waals surface area contributed by atoms with Gasteiger partial charge in [-0.3, -0.25) is 4.79 Å². The molecule has 0 aliphatic rings. The first-order valence-corrected chi connectivity index (χ1v) is 9.59. The number of aliphatic carboxylic acids is 1. The van der Waals surface area contributed by atoms with Crippen molar-refractivity contribution in [2.75, 3.05) is 0 Å². The predicted octanol–water partition coefficient (Wildman–Crippen LogP) is 3.68. The zero-order valence-corrected chi connectivity index (χ0v) is 16.6. The van der Waals surface area contributed by atoms with Crippen molar-refractivity contribution in [3.63, 3.8) is 0 Å². The van der Waals surface area contributed by atoms with Gasteiger partial charge in [0.1, 0.15) is 6.04 Å². The fourth-order valence-corrected chi connectivity index (χ4v) is 3.43. The second kappa shape index (κ2) is 9.06. The zero-order chi connectivity index (χ0) is 21.6. The second-order valence-corrected chi connectivity index (χ2v) is 7.23. The first-order chi connectivity index (χ1) is 14.4. The number of nitrogens with zero attached hydrogens (tertiary/aromatic N) is 1. The molecule has 5 nitrogen and oxygen atoms in total. The molecule has 3 aromatic rings. The number of carboxylic acids is 1. The van der Waals surface area contributed by atoms with E-state index < -0.39 is 17.4 Å². The Morgan fingerprint density at radius 1 is 0.933 bits per heavy atom. The van der Waals surface area contributed by atoms with Crippen LogP contribution in [0.4, 0.5) is 0 Å². The number of carbonyl (C=O) groups excluding carboxylic acids is 1. The summed E-state index contributed by atoms with van der Waals surface area (Å²) in [6.45, 7) is 1.80. The van der Waals surface area contributed by atoms with Crippen LogP contribution >= 0.6 is 0 Å². The van der Waals surface area contributed by atoms with Crippen LogP contribution in [0.5, 0.6) is 0 Å². The summed E-state index contributed by atoms with van der Waals surface area (Å²) in [5.41, 5.74) is 1.71. The maximum Gasteiger partial charge on any atom is 0.326 e. The molecule has 0 heterocycles. The average molecular weight is 398 g/mol. The Balaban J connectivity index is 1.91. The molecule has 0 aliphatic carbocycles. The molecule has 5 heteroatoms. The van der Waals surface area contributed by atoms with Crippen molar-refractivity contribution in [1.82, 2.24) is 5.32 Å². The lowest BCUT2D eigenvalue weighted by Crippen LogP contribution is -2.50. The maximum atomic E-state index is 13.5. The maximum absolute atomic E-state index is 13.5. The van der Waals surface area contributed by atoms with Crippen molar-refractivity contribution < 1.29 is 14.7 Å². The molecule has 0 fully saturated rings. The van der Waals surface area contributed by atoms with E-state index in [2.05, 4.69) is 5.32 Å². The van der Waals surface area contributed by atoms with Crippen LogP contribution in [0.15, 0.2) is 84.9 Å². The van der Waals surface area contributed by atoms with Crippen LogP contribution in [0.2, 0.25) is 0 Å². The number of nitriles is 1. The molecular weight excluding hydrogens is 376 g/mol. The largest absolute Gasteiger partial charge is 0.480 e. The summed E-state index contributed by atoms with van der Waals surface area (Å²) >= 11 is 0. The fraction of sp³-hybridized carbons (Fsp3) is 0.160. The van der Waals surface area contributed by atoms with E-state index >= 15 is 0 Å². The van der Waals surface area contributed by atoms with Gasteiger partial charge in [-0.15, -0.1) is 0 Å². The highest BCUT2D eigenvalue weighted by Gasteiger charge is 2.38. The summed E-state index contributed by atoms with van der Waals surface area (Å²) in [7, 11) is 0. The highest BCUT2D eigenvalue weighted by Crippen LogP contribution is 2.32. The lowest BCUT2D eigenvalue weighted by molar-refractivity contribution is -0.142. The van der Waals surface area contributed by atoms with Crippen LogP contribution in [-0.4, -0.2) is 23.0 Å². The van der Waals surface area contributed by atoms with Crippen LogP contribution in [0.3, 0.4) is 0 Å².